The first kappa shape index (κ1) is 17.4. The average molecular weight is 440 g/mol. The van der Waals surface area contributed by atoms with Gasteiger partial charge in [-0.1, -0.05) is 18.2 Å². The summed E-state index contributed by atoms with van der Waals surface area (Å²) < 4.78 is 0.965. The van der Waals surface area contributed by atoms with E-state index in [2.05, 4.69) is 33.2 Å². The number of amides is 1. The van der Waals surface area contributed by atoms with Crippen LogP contribution in [0.1, 0.15) is 26.3 Å². The number of rotatable bonds is 4. The van der Waals surface area contributed by atoms with E-state index in [1.54, 1.807) is 30.3 Å². The van der Waals surface area contributed by atoms with Gasteiger partial charge in [0, 0.05) is 15.7 Å². The zero-order valence-corrected chi connectivity index (χ0v) is 14.8. The second-order valence-electron chi connectivity index (χ2n) is 4.65. The van der Waals surface area contributed by atoms with Crippen molar-refractivity contribution in [2.24, 2.45) is 0 Å². The second kappa shape index (κ2) is 8.02. The van der Waals surface area contributed by atoms with Crippen molar-refractivity contribution in [1.29, 1.82) is 0 Å². The summed E-state index contributed by atoms with van der Waals surface area (Å²) in [6.45, 7) is 0.394. The highest BCUT2D eigenvalue weighted by Gasteiger charge is 2.08. The highest BCUT2D eigenvalue weighted by Crippen LogP contribution is 2.07. The Morgan fingerprint density at radius 2 is 1.78 bits per heavy atom. The van der Waals surface area contributed by atoms with Crippen molar-refractivity contribution in [2.75, 3.05) is 0 Å². The third kappa shape index (κ3) is 5.29. The zero-order chi connectivity index (χ0) is 16.8. The third-order valence-electron chi connectivity index (χ3n) is 2.97. The molecule has 2 aromatic rings. The maximum Gasteiger partial charge on any atom is 0.335 e. The minimum Gasteiger partial charge on any atom is -0.478 e. The van der Waals surface area contributed by atoms with Crippen molar-refractivity contribution in [3.8, 4) is 0 Å². The Kier molecular flexibility index (Phi) is 6.05. The third-order valence-corrected chi connectivity index (χ3v) is 3.89. The number of aromatic carboxylic acids is 1. The average Bonchev–Trinajstić information content (AvgIpc) is 2.53. The number of hydrogen-bond donors (Lipinski definition) is 3. The first-order valence-corrected chi connectivity index (χ1v) is 8.11. The number of carbonyl (C=O) groups excluding carboxylic acids is 1. The molecule has 0 saturated heterocycles. The smallest absolute Gasteiger partial charge is 0.335 e. The summed E-state index contributed by atoms with van der Waals surface area (Å²) in [5.74, 6) is -1.24. The number of hydrogen-bond acceptors (Lipinski definition) is 3. The van der Waals surface area contributed by atoms with Crippen LogP contribution in [-0.2, 0) is 6.54 Å². The van der Waals surface area contributed by atoms with E-state index in [0.717, 1.165) is 9.13 Å². The molecule has 3 N–H and O–H groups in total. The topological polar surface area (TPSA) is 78.4 Å². The van der Waals surface area contributed by atoms with Gasteiger partial charge in [0.05, 0.1) is 5.56 Å². The summed E-state index contributed by atoms with van der Waals surface area (Å²) in [5.41, 5.74) is 1.62. The van der Waals surface area contributed by atoms with E-state index in [0.29, 0.717) is 12.1 Å². The van der Waals surface area contributed by atoms with Crippen molar-refractivity contribution < 1.29 is 14.7 Å². The van der Waals surface area contributed by atoms with Crippen molar-refractivity contribution in [1.82, 2.24) is 10.6 Å². The fraction of sp³-hybridized carbons (Fsp3) is 0.0625. The molecule has 0 aliphatic rings. The molecule has 0 spiro atoms. The molecule has 5 nitrogen and oxygen atoms in total. The molecule has 0 saturated carbocycles. The van der Waals surface area contributed by atoms with Crippen LogP contribution in [0.2, 0.25) is 0 Å². The highest BCUT2D eigenvalue weighted by molar-refractivity contribution is 14.1. The lowest BCUT2D eigenvalue weighted by Gasteiger charge is -2.10. The Labute approximate surface area is 152 Å². The molecule has 118 valence electrons. The van der Waals surface area contributed by atoms with Gasteiger partial charge in [0.2, 0.25) is 0 Å². The normalized spacial score (nSPS) is 9.96. The SMILES string of the molecule is O=C(O)c1ccc(CNC(=S)NC(=O)c2cccc(I)c2)cc1. The second-order valence-corrected chi connectivity index (χ2v) is 6.30. The Bertz CT molecular complexity index is 747. The lowest BCUT2D eigenvalue weighted by Crippen LogP contribution is -2.38. The van der Waals surface area contributed by atoms with E-state index in [1.807, 2.05) is 6.07 Å². The van der Waals surface area contributed by atoms with Gasteiger partial charge in [0.15, 0.2) is 5.11 Å². The largest absolute Gasteiger partial charge is 0.478 e. The molecule has 0 radical (unpaired) electrons. The molecule has 0 unspecified atom stereocenters. The Hall–Kier alpha value is -2.00. The molecular formula is C16H13IN2O3S. The molecule has 0 aliphatic carbocycles. The predicted octanol–water partition coefficient (Wildman–Crippen LogP) is 2.79. The lowest BCUT2D eigenvalue weighted by molar-refractivity contribution is 0.0696. The summed E-state index contributed by atoms with van der Waals surface area (Å²) in [7, 11) is 0. The van der Waals surface area contributed by atoms with Gasteiger partial charge in [0.25, 0.3) is 5.91 Å². The fourth-order valence-electron chi connectivity index (χ4n) is 1.80. The van der Waals surface area contributed by atoms with Gasteiger partial charge in [-0.05, 0) is 70.7 Å². The van der Waals surface area contributed by atoms with Crippen LogP contribution < -0.4 is 10.6 Å². The number of thiocarbonyl (C=S) groups is 1. The monoisotopic (exact) mass is 440 g/mol. The zero-order valence-electron chi connectivity index (χ0n) is 11.9. The van der Waals surface area contributed by atoms with Crippen LogP contribution in [-0.4, -0.2) is 22.1 Å². The molecule has 7 heteroatoms. The molecule has 0 aromatic heterocycles. The minimum absolute atomic E-state index is 0.219. The standard InChI is InChI=1S/C16H13IN2O3S/c17-13-3-1-2-12(8-13)14(20)19-16(23)18-9-10-4-6-11(7-5-10)15(21)22/h1-8H,9H2,(H,21,22)(H2,18,19,20,23). The van der Waals surface area contributed by atoms with Gasteiger partial charge < -0.3 is 10.4 Å². The first-order valence-electron chi connectivity index (χ1n) is 6.62. The van der Waals surface area contributed by atoms with Gasteiger partial charge in [-0.25, -0.2) is 4.79 Å². The molecule has 1 amide bonds. The Morgan fingerprint density at radius 3 is 2.39 bits per heavy atom. The van der Waals surface area contributed by atoms with Gasteiger partial charge in [-0.3, -0.25) is 10.1 Å². The predicted molar refractivity (Wildman–Crippen MR) is 99.5 cm³/mol. The van der Waals surface area contributed by atoms with E-state index in [4.69, 9.17) is 17.3 Å². The summed E-state index contributed by atoms with van der Waals surface area (Å²) >= 11 is 7.22. The Morgan fingerprint density at radius 1 is 1.09 bits per heavy atom. The number of carboxylic acid groups (broad SMARTS) is 1. The van der Waals surface area contributed by atoms with Gasteiger partial charge in [-0.15, -0.1) is 0 Å². The number of carbonyl (C=O) groups is 2. The molecule has 0 aliphatic heterocycles. The molecule has 2 rings (SSSR count). The minimum atomic E-state index is -0.968. The van der Waals surface area contributed by atoms with Crippen LogP contribution in [0.4, 0.5) is 0 Å². The van der Waals surface area contributed by atoms with Crippen LogP contribution >= 0.6 is 34.8 Å². The fourth-order valence-corrected chi connectivity index (χ4v) is 2.50. The number of nitrogens with one attached hydrogen (secondary N) is 2. The molecule has 0 atom stereocenters. The van der Waals surface area contributed by atoms with Gasteiger partial charge >= 0.3 is 5.97 Å². The van der Waals surface area contributed by atoms with Crippen LogP contribution in [0.25, 0.3) is 0 Å². The van der Waals surface area contributed by atoms with Crippen LogP contribution in [0.5, 0.6) is 0 Å². The van der Waals surface area contributed by atoms with Crippen molar-refractivity contribution in [2.45, 2.75) is 6.54 Å². The maximum atomic E-state index is 12.0. The van der Waals surface area contributed by atoms with Crippen LogP contribution in [0.3, 0.4) is 0 Å². The van der Waals surface area contributed by atoms with Crippen molar-refractivity contribution >= 4 is 51.8 Å². The van der Waals surface area contributed by atoms with Crippen molar-refractivity contribution in [3.05, 3.63) is 68.8 Å². The summed E-state index contributed by atoms with van der Waals surface area (Å²) in [4.78, 5) is 22.8. The van der Waals surface area contributed by atoms with Gasteiger partial charge in [0.1, 0.15) is 0 Å². The number of benzene rings is 2. The molecule has 2 aromatic carbocycles. The maximum absolute atomic E-state index is 12.0. The van der Waals surface area contributed by atoms with Gasteiger partial charge in [-0.2, -0.15) is 0 Å². The summed E-state index contributed by atoms with van der Waals surface area (Å²) in [6.07, 6.45) is 0. The van der Waals surface area contributed by atoms with E-state index in [-0.39, 0.29) is 16.6 Å². The molecule has 0 fully saturated rings. The number of halogens is 1. The van der Waals surface area contributed by atoms with E-state index < -0.39 is 5.97 Å². The quantitative estimate of drug-likeness (QED) is 0.504. The van der Waals surface area contributed by atoms with E-state index >= 15 is 0 Å². The van der Waals surface area contributed by atoms with E-state index in [9.17, 15) is 9.59 Å². The molecule has 0 heterocycles. The van der Waals surface area contributed by atoms with Crippen LogP contribution in [0.15, 0.2) is 48.5 Å². The summed E-state index contributed by atoms with van der Waals surface area (Å²) in [5, 5.41) is 14.6. The molecule has 0 bridgehead atoms. The lowest BCUT2D eigenvalue weighted by atomic mass is 10.1. The molecular weight excluding hydrogens is 427 g/mol. The first-order chi connectivity index (χ1) is 11.0. The highest BCUT2D eigenvalue weighted by atomic mass is 127. The summed E-state index contributed by atoms with van der Waals surface area (Å²) in [6, 6.07) is 13.6. The molecule has 23 heavy (non-hydrogen) atoms. The van der Waals surface area contributed by atoms with Crippen LogP contribution in [0, 0.1) is 3.57 Å². The number of carboxylic acids is 1. The van der Waals surface area contributed by atoms with E-state index in [1.165, 1.54) is 12.1 Å². The Balaban J connectivity index is 1.87. The van der Waals surface area contributed by atoms with Crippen molar-refractivity contribution in [3.63, 3.8) is 0 Å².